The van der Waals surface area contributed by atoms with Crippen LogP contribution in [-0.2, 0) is 6.18 Å². The van der Waals surface area contributed by atoms with E-state index in [9.17, 15) is 18.0 Å². The molecule has 3 rings (SSSR count). The first kappa shape index (κ1) is 17.6. The summed E-state index contributed by atoms with van der Waals surface area (Å²) in [6.45, 7) is 3.60. The highest BCUT2D eigenvalue weighted by molar-refractivity contribution is 8.02. The average Bonchev–Trinajstić information content (AvgIpc) is 2.54. The summed E-state index contributed by atoms with van der Waals surface area (Å²) >= 11 is 7.02. The molecule has 3 aromatic rings. The third-order valence-electron chi connectivity index (χ3n) is 3.50. The Bertz CT molecular complexity index is 1020. The Morgan fingerprint density at radius 3 is 2.52 bits per heavy atom. The van der Waals surface area contributed by atoms with Crippen LogP contribution in [0.25, 0.3) is 22.1 Å². The Kier molecular flexibility index (Phi) is 4.67. The molecule has 0 bridgehead atoms. The fourth-order valence-electron chi connectivity index (χ4n) is 2.43. The molecule has 0 aliphatic heterocycles. The van der Waals surface area contributed by atoms with Crippen molar-refractivity contribution in [1.82, 2.24) is 0 Å². The molecule has 1 aromatic heterocycles. The minimum atomic E-state index is -4.65. The lowest BCUT2D eigenvalue weighted by Crippen LogP contribution is -2.11. The van der Waals surface area contributed by atoms with Crippen molar-refractivity contribution in [2.24, 2.45) is 0 Å². The summed E-state index contributed by atoms with van der Waals surface area (Å²) in [7, 11) is 0. The third kappa shape index (κ3) is 3.60. The van der Waals surface area contributed by atoms with Crippen LogP contribution in [0.4, 0.5) is 13.2 Å². The topological polar surface area (TPSA) is 30.2 Å². The van der Waals surface area contributed by atoms with Gasteiger partial charge in [-0.2, -0.15) is 13.2 Å². The van der Waals surface area contributed by atoms with Crippen LogP contribution in [0.3, 0.4) is 0 Å². The smallest absolute Gasteiger partial charge is 0.417 e. The van der Waals surface area contributed by atoms with E-state index >= 15 is 0 Å². The van der Waals surface area contributed by atoms with Gasteiger partial charge in [0.1, 0.15) is 5.58 Å². The number of alkyl halides is 3. The van der Waals surface area contributed by atoms with Gasteiger partial charge in [-0.15, -0.1) is 0 Å². The van der Waals surface area contributed by atoms with E-state index in [1.807, 2.05) is 0 Å². The summed E-state index contributed by atoms with van der Waals surface area (Å²) in [6.07, 6.45) is -4.65. The average molecular weight is 383 g/mol. The maximum Gasteiger partial charge on any atom is 0.417 e. The van der Waals surface area contributed by atoms with Crippen molar-refractivity contribution < 1.29 is 17.6 Å². The van der Waals surface area contributed by atoms with E-state index in [-0.39, 0.29) is 16.1 Å². The van der Waals surface area contributed by atoms with Crippen LogP contribution in [0.5, 0.6) is 0 Å². The molecular weight excluding hydrogens is 373 g/mol. The highest BCUT2D eigenvalue weighted by atomic mass is 35.5. The van der Waals surface area contributed by atoms with Crippen molar-refractivity contribution in [3.8, 4) is 11.1 Å². The van der Waals surface area contributed by atoms with Gasteiger partial charge in [0.15, 0.2) is 0 Å². The zero-order chi connectivity index (χ0) is 18.2. The summed E-state index contributed by atoms with van der Waals surface area (Å²) in [5.41, 5.74) is -1.97. The first-order valence-electron chi connectivity index (χ1n) is 7.02. The summed E-state index contributed by atoms with van der Waals surface area (Å²) < 4.78 is 45.1. The Hall–Kier alpha value is -2.18. The molecule has 2 nitrogen and oxygen atoms in total. The van der Waals surface area contributed by atoms with Gasteiger partial charge < -0.3 is 4.42 Å². The zero-order valence-electron chi connectivity index (χ0n) is 12.6. The first-order chi connectivity index (χ1) is 11.8. The zero-order valence-corrected chi connectivity index (χ0v) is 14.1. The molecular formula is C18H10ClF3O2S. The van der Waals surface area contributed by atoms with Crippen molar-refractivity contribution in [2.45, 2.75) is 11.1 Å². The number of fused-ring (bicyclic) bond motifs is 1. The Morgan fingerprint density at radius 1 is 1.08 bits per heavy atom. The number of thioether (sulfide) groups is 1. The molecule has 0 aliphatic rings. The van der Waals surface area contributed by atoms with Crippen LogP contribution in [0.15, 0.2) is 68.6 Å². The number of benzene rings is 2. The maximum atomic E-state index is 13.3. The first-order valence-corrected chi connectivity index (χ1v) is 8.28. The van der Waals surface area contributed by atoms with E-state index in [4.69, 9.17) is 16.0 Å². The molecule has 128 valence electrons. The molecule has 0 atom stereocenters. The van der Waals surface area contributed by atoms with Gasteiger partial charge in [-0.3, -0.25) is 0 Å². The predicted molar refractivity (Wildman–Crippen MR) is 94.0 cm³/mol. The van der Waals surface area contributed by atoms with Crippen LogP contribution >= 0.6 is 23.4 Å². The maximum absolute atomic E-state index is 13.3. The molecule has 25 heavy (non-hydrogen) atoms. The van der Waals surface area contributed by atoms with Crippen LogP contribution in [0.2, 0.25) is 5.02 Å². The monoisotopic (exact) mass is 382 g/mol. The Labute approximate surface area is 149 Å². The van der Waals surface area contributed by atoms with Crippen LogP contribution < -0.4 is 5.63 Å². The molecule has 0 spiro atoms. The summed E-state index contributed by atoms with van der Waals surface area (Å²) in [5, 5.41) is 2.08. The van der Waals surface area contributed by atoms with Crippen molar-refractivity contribution >= 4 is 34.3 Å². The molecule has 0 radical (unpaired) electrons. The van der Waals surface area contributed by atoms with Crippen LogP contribution in [0.1, 0.15) is 5.56 Å². The van der Waals surface area contributed by atoms with E-state index in [2.05, 4.69) is 6.58 Å². The van der Waals surface area contributed by atoms with Crippen molar-refractivity contribution in [3.63, 3.8) is 0 Å². The van der Waals surface area contributed by atoms with E-state index in [1.54, 1.807) is 23.6 Å². The third-order valence-corrected chi connectivity index (χ3v) is 4.43. The Balaban J connectivity index is 2.23. The molecule has 0 saturated heterocycles. The quantitative estimate of drug-likeness (QED) is 0.389. The molecule has 2 aromatic carbocycles. The van der Waals surface area contributed by atoms with Gasteiger partial charge in [0.2, 0.25) is 0 Å². The lowest BCUT2D eigenvalue weighted by atomic mass is 10.00. The fourth-order valence-corrected chi connectivity index (χ4v) is 3.12. The standard InChI is InChI=1S/C18H10ClF3O2S/c1-2-25-12-5-3-10-7-14(17(23)24-16(10)9-12)13-6-4-11(19)8-15(13)18(20,21)22/h2-9H,1H2. The summed E-state index contributed by atoms with van der Waals surface area (Å²) in [6, 6.07) is 9.75. The van der Waals surface area contributed by atoms with Crippen molar-refractivity contribution in [1.29, 1.82) is 0 Å². The molecule has 0 amide bonds. The largest absolute Gasteiger partial charge is 0.422 e. The highest BCUT2D eigenvalue weighted by Gasteiger charge is 2.34. The number of hydrogen-bond donors (Lipinski definition) is 0. The number of halogens is 4. The minimum absolute atomic E-state index is 0.0626. The Morgan fingerprint density at radius 2 is 1.84 bits per heavy atom. The normalized spacial score (nSPS) is 11.7. The lowest BCUT2D eigenvalue weighted by Gasteiger charge is -2.13. The second-order valence-electron chi connectivity index (χ2n) is 5.12. The molecule has 0 N–H and O–H groups in total. The van der Waals surface area contributed by atoms with E-state index < -0.39 is 17.4 Å². The SMILES string of the molecule is C=CSc1ccc2cc(-c3ccc(Cl)cc3C(F)(F)F)c(=O)oc2c1. The van der Waals surface area contributed by atoms with Crippen LogP contribution in [-0.4, -0.2) is 0 Å². The summed E-state index contributed by atoms with van der Waals surface area (Å²) in [4.78, 5) is 13.1. The molecule has 7 heteroatoms. The van der Waals surface area contributed by atoms with Gasteiger partial charge in [-0.25, -0.2) is 4.79 Å². The fraction of sp³-hybridized carbons (Fsp3) is 0.0556. The van der Waals surface area contributed by atoms with Gasteiger partial charge in [0, 0.05) is 20.9 Å². The lowest BCUT2D eigenvalue weighted by molar-refractivity contribution is -0.137. The number of rotatable bonds is 3. The molecule has 0 saturated carbocycles. The molecule has 0 unspecified atom stereocenters. The minimum Gasteiger partial charge on any atom is -0.422 e. The molecule has 0 aliphatic carbocycles. The summed E-state index contributed by atoms with van der Waals surface area (Å²) in [5.74, 6) is 0. The van der Waals surface area contributed by atoms with Crippen LogP contribution in [0, 0.1) is 0 Å². The van der Waals surface area contributed by atoms with Gasteiger partial charge in [-0.05, 0) is 35.7 Å². The number of hydrogen-bond acceptors (Lipinski definition) is 3. The van der Waals surface area contributed by atoms with Gasteiger partial charge in [-0.1, -0.05) is 42.1 Å². The predicted octanol–water partition coefficient (Wildman–Crippen LogP) is 6.37. The van der Waals surface area contributed by atoms with Gasteiger partial charge in [0.05, 0.1) is 11.1 Å². The second-order valence-corrected chi connectivity index (χ2v) is 6.60. The van der Waals surface area contributed by atoms with E-state index in [0.717, 1.165) is 11.0 Å². The van der Waals surface area contributed by atoms with Crippen molar-refractivity contribution in [2.75, 3.05) is 0 Å². The van der Waals surface area contributed by atoms with E-state index in [1.165, 1.54) is 30.0 Å². The van der Waals surface area contributed by atoms with Gasteiger partial charge >= 0.3 is 11.8 Å². The molecule has 0 fully saturated rings. The molecule has 1 heterocycles. The van der Waals surface area contributed by atoms with Gasteiger partial charge in [0.25, 0.3) is 0 Å². The highest BCUT2D eigenvalue weighted by Crippen LogP contribution is 2.38. The van der Waals surface area contributed by atoms with Crippen molar-refractivity contribution in [3.05, 3.63) is 75.5 Å². The van der Waals surface area contributed by atoms with E-state index in [0.29, 0.717) is 11.0 Å². The second kappa shape index (κ2) is 6.61.